The molecule has 0 bridgehead atoms. The second-order valence-electron chi connectivity index (χ2n) is 7.20. The summed E-state index contributed by atoms with van der Waals surface area (Å²) in [4.78, 5) is 21.5. The Labute approximate surface area is 147 Å². The Hall–Kier alpha value is -1.33. The maximum Gasteiger partial charge on any atom is 0.255 e. The highest BCUT2D eigenvalue weighted by Gasteiger charge is 2.31. The molecule has 3 heterocycles. The Balaban J connectivity index is 1.40. The van der Waals surface area contributed by atoms with Gasteiger partial charge in [-0.2, -0.15) is 0 Å². The van der Waals surface area contributed by atoms with Gasteiger partial charge in [-0.15, -0.1) is 0 Å². The normalized spacial score (nSPS) is 24.5. The van der Waals surface area contributed by atoms with E-state index in [2.05, 4.69) is 9.88 Å². The van der Waals surface area contributed by atoms with Crippen molar-refractivity contribution in [3.8, 4) is 5.88 Å². The van der Waals surface area contributed by atoms with Crippen LogP contribution in [-0.2, 0) is 0 Å². The van der Waals surface area contributed by atoms with E-state index in [0.717, 1.165) is 19.6 Å². The molecule has 5 nitrogen and oxygen atoms in total. The Kier molecular flexibility index (Phi) is 4.63. The Morgan fingerprint density at radius 3 is 2.92 bits per heavy atom. The molecule has 0 spiro atoms. The number of fused-ring (bicyclic) bond motifs is 1. The lowest BCUT2D eigenvalue weighted by atomic mass is 9.99. The highest BCUT2D eigenvalue weighted by molar-refractivity contribution is 6.32. The molecule has 1 unspecified atom stereocenters. The van der Waals surface area contributed by atoms with Gasteiger partial charge in [0.05, 0.1) is 12.2 Å². The molecule has 3 aliphatic rings. The van der Waals surface area contributed by atoms with Crippen molar-refractivity contribution in [1.82, 2.24) is 14.8 Å². The summed E-state index contributed by atoms with van der Waals surface area (Å²) in [5.74, 6) is 1.12. The molecule has 6 heteroatoms. The number of pyridine rings is 1. The highest BCUT2D eigenvalue weighted by Crippen LogP contribution is 2.31. The van der Waals surface area contributed by atoms with Gasteiger partial charge in [-0.1, -0.05) is 18.0 Å². The maximum absolute atomic E-state index is 12.8. The molecule has 1 amide bonds. The van der Waals surface area contributed by atoms with Crippen LogP contribution >= 0.6 is 11.6 Å². The molecule has 1 saturated carbocycles. The molecule has 4 rings (SSSR count). The fourth-order valence-electron chi connectivity index (χ4n) is 3.65. The van der Waals surface area contributed by atoms with Crippen molar-refractivity contribution in [1.29, 1.82) is 0 Å². The minimum atomic E-state index is 0.0309. The number of carbonyl (C=O) groups excluding carboxylic acids is 1. The summed E-state index contributed by atoms with van der Waals surface area (Å²) in [5.41, 5.74) is 0.558. The lowest BCUT2D eigenvalue weighted by Crippen LogP contribution is -2.56. The summed E-state index contributed by atoms with van der Waals surface area (Å²) in [5, 5.41) is 0.429. The van der Waals surface area contributed by atoms with Gasteiger partial charge in [0.25, 0.3) is 5.91 Å². The second kappa shape index (κ2) is 6.89. The van der Waals surface area contributed by atoms with Crippen molar-refractivity contribution in [2.24, 2.45) is 5.92 Å². The van der Waals surface area contributed by atoms with E-state index in [1.165, 1.54) is 38.6 Å². The maximum atomic E-state index is 12.8. The fourth-order valence-corrected chi connectivity index (χ4v) is 3.87. The van der Waals surface area contributed by atoms with Gasteiger partial charge in [0.15, 0.2) is 0 Å². The zero-order chi connectivity index (χ0) is 16.5. The van der Waals surface area contributed by atoms with Crippen LogP contribution in [0.3, 0.4) is 0 Å². The summed E-state index contributed by atoms with van der Waals surface area (Å²) in [6, 6.07) is 2.22. The van der Waals surface area contributed by atoms with E-state index in [1.54, 1.807) is 12.3 Å². The van der Waals surface area contributed by atoms with Gasteiger partial charge in [0.2, 0.25) is 5.88 Å². The molecular formula is C18H24ClN3O2. The predicted octanol–water partition coefficient (Wildman–Crippen LogP) is 2.83. The Morgan fingerprint density at radius 2 is 2.12 bits per heavy atom. The van der Waals surface area contributed by atoms with E-state index >= 15 is 0 Å². The minimum absolute atomic E-state index is 0.0309. The van der Waals surface area contributed by atoms with Gasteiger partial charge in [-0.25, -0.2) is 4.98 Å². The average molecular weight is 350 g/mol. The first-order valence-electron chi connectivity index (χ1n) is 9.02. The molecule has 0 aromatic carbocycles. The van der Waals surface area contributed by atoms with E-state index in [9.17, 15) is 4.79 Å². The molecule has 1 aromatic rings. The number of carbonyl (C=O) groups is 1. The van der Waals surface area contributed by atoms with Gasteiger partial charge in [-0.05, 0) is 44.2 Å². The van der Waals surface area contributed by atoms with Crippen molar-refractivity contribution < 1.29 is 9.53 Å². The average Bonchev–Trinajstić information content (AvgIpc) is 3.44. The molecule has 1 aliphatic carbocycles. The number of piperazine rings is 1. The lowest BCUT2D eigenvalue weighted by molar-refractivity contribution is 0.0372. The first-order chi connectivity index (χ1) is 11.7. The predicted molar refractivity (Wildman–Crippen MR) is 92.6 cm³/mol. The fraction of sp³-hybridized carbons (Fsp3) is 0.667. The van der Waals surface area contributed by atoms with Crippen molar-refractivity contribution in [2.45, 2.75) is 38.1 Å². The second-order valence-corrected chi connectivity index (χ2v) is 7.61. The monoisotopic (exact) mass is 349 g/mol. The van der Waals surface area contributed by atoms with Crippen LogP contribution in [0.1, 0.15) is 42.5 Å². The van der Waals surface area contributed by atoms with Gasteiger partial charge < -0.3 is 9.64 Å². The van der Waals surface area contributed by atoms with Crippen LogP contribution in [-0.4, -0.2) is 59.5 Å². The topological polar surface area (TPSA) is 45.7 Å². The molecule has 0 radical (unpaired) electrons. The molecule has 3 fully saturated rings. The van der Waals surface area contributed by atoms with Crippen LogP contribution in [0.4, 0.5) is 0 Å². The number of ether oxygens (including phenoxy) is 1. The first kappa shape index (κ1) is 16.2. The summed E-state index contributed by atoms with van der Waals surface area (Å²) in [6.45, 7) is 4.42. The molecule has 2 saturated heterocycles. The SMILES string of the molecule is O=C(c1cnc(OCC2CC2)c(Cl)c1)N1CCN2CCCCC2C1. The third-order valence-electron chi connectivity index (χ3n) is 5.33. The molecule has 1 aromatic heterocycles. The molecule has 24 heavy (non-hydrogen) atoms. The number of nitrogens with zero attached hydrogens (tertiary/aromatic N) is 3. The van der Waals surface area contributed by atoms with Gasteiger partial charge in [-0.3, -0.25) is 9.69 Å². The smallest absolute Gasteiger partial charge is 0.255 e. The number of rotatable bonds is 4. The van der Waals surface area contributed by atoms with E-state index in [0.29, 0.717) is 35.0 Å². The van der Waals surface area contributed by atoms with Gasteiger partial charge >= 0.3 is 0 Å². The number of hydrogen-bond acceptors (Lipinski definition) is 4. The van der Waals surface area contributed by atoms with Gasteiger partial charge in [0, 0.05) is 31.9 Å². The van der Waals surface area contributed by atoms with Crippen molar-refractivity contribution in [3.05, 3.63) is 22.8 Å². The van der Waals surface area contributed by atoms with Crippen LogP contribution < -0.4 is 4.74 Å². The minimum Gasteiger partial charge on any atom is -0.476 e. The standard InChI is InChI=1S/C18H24ClN3O2/c19-16-9-14(10-20-17(16)24-12-13-4-5-13)18(23)22-8-7-21-6-2-1-3-15(21)11-22/h9-10,13,15H,1-8,11-12H2. The van der Waals surface area contributed by atoms with Gasteiger partial charge in [0.1, 0.15) is 5.02 Å². The molecular weight excluding hydrogens is 326 g/mol. The molecule has 0 N–H and O–H groups in total. The summed E-state index contributed by atoms with van der Waals surface area (Å²) < 4.78 is 5.64. The molecule has 130 valence electrons. The third kappa shape index (κ3) is 3.52. The lowest BCUT2D eigenvalue weighted by Gasteiger charge is -2.44. The Morgan fingerprint density at radius 1 is 1.25 bits per heavy atom. The Bertz CT molecular complexity index is 620. The third-order valence-corrected chi connectivity index (χ3v) is 5.60. The molecule has 2 aliphatic heterocycles. The van der Waals surface area contributed by atoms with Crippen LogP contribution in [0, 0.1) is 5.92 Å². The van der Waals surface area contributed by atoms with Crippen molar-refractivity contribution in [2.75, 3.05) is 32.8 Å². The number of piperidine rings is 1. The number of aromatic nitrogens is 1. The molecule has 1 atom stereocenters. The highest BCUT2D eigenvalue weighted by atomic mass is 35.5. The van der Waals surface area contributed by atoms with Crippen molar-refractivity contribution in [3.63, 3.8) is 0 Å². The summed E-state index contributed by atoms with van der Waals surface area (Å²) >= 11 is 6.26. The van der Waals surface area contributed by atoms with Crippen LogP contribution in [0.15, 0.2) is 12.3 Å². The van der Waals surface area contributed by atoms with E-state index in [1.807, 2.05) is 4.90 Å². The zero-order valence-corrected chi connectivity index (χ0v) is 14.7. The van der Waals surface area contributed by atoms with Crippen LogP contribution in [0.25, 0.3) is 0 Å². The largest absolute Gasteiger partial charge is 0.476 e. The number of halogens is 1. The van der Waals surface area contributed by atoms with Crippen LogP contribution in [0.5, 0.6) is 5.88 Å². The first-order valence-corrected chi connectivity index (χ1v) is 9.40. The summed E-state index contributed by atoms with van der Waals surface area (Å²) in [6.07, 6.45) is 7.79. The number of hydrogen-bond donors (Lipinski definition) is 0. The van der Waals surface area contributed by atoms with E-state index in [4.69, 9.17) is 16.3 Å². The van der Waals surface area contributed by atoms with Crippen LogP contribution in [0.2, 0.25) is 5.02 Å². The van der Waals surface area contributed by atoms with Crippen molar-refractivity contribution >= 4 is 17.5 Å². The number of amides is 1. The quantitative estimate of drug-likeness (QED) is 0.838. The zero-order valence-electron chi connectivity index (χ0n) is 13.9. The van der Waals surface area contributed by atoms with E-state index in [-0.39, 0.29) is 5.91 Å². The summed E-state index contributed by atoms with van der Waals surface area (Å²) in [7, 11) is 0. The van der Waals surface area contributed by atoms with E-state index < -0.39 is 0 Å².